The number of benzene rings is 1. The molecule has 130 valence electrons. The Bertz CT molecular complexity index is 632. The van der Waals surface area contributed by atoms with Crippen LogP contribution >= 0.6 is 27.7 Å². The number of rotatable bonds is 7. The molecule has 0 aliphatic carbocycles. The average molecular weight is 409 g/mol. The number of amidine groups is 1. The van der Waals surface area contributed by atoms with E-state index in [9.17, 15) is 0 Å². The van der Waals surface area contributed by atoms with Gasteiger partial charge in [-0.05, 0) is 48.4 Å². The third kappa shape index (κ3) is 3.99. The summed E-state index contributed by atoms with van der Waals surface area (Å²) in [5.74, 6) is 2.75. The zero-order valence-corrected chi connectivity index (χ0v) is 16.8. The van der Waals surface area contributed by atoms with Crippen LogP contribution in [0.2, 0.25) is 0 Å². The monoisotopic (exact) mass is 408 g/mol. The van der Waals surface area contributed by atoms with Crippen LogP contribution in [0.4, 0.5) is 0 Å². The van der Waals surface area contributed by atoms with E-state index in [0.717, 1.165) is 42.7 Å². The summed E-state index contributed by atoms with van der Waals surface area (Å²) in [6.07, 6.45) is 5.69. The van der Waals surface area contributed by atoms with E-state index in [1.807, 2.05) is 23.9 Å². The minimum absolute atomic E-state index is 0.460. The standard InChI is InChI=1S/C19H25BrN2OS/c1-3-10-22-11-9-21-19(22)16-8-12-24-18(16)7-4-14-13-15(20)5-6-17(14)23-2/h5-6,8,12-13,16,18H,3-4,7,9-11H2,1-2H3. The lowest BCUT2D eigenvalue weighted by molar-refractivity contribution is 0.408. The summed E-state index contributed by atoms with van der Waals surface area (Å²) in [5.41, 5.74) is 1.27. The summed E-state index contributed by atoms with van der Waals surface area (Å²) in [5, 5.41) is 2.84. The van der Waals surface area contributed by atoms with Gasteiger partial charge in [-0.25, -0.2) is 0 Å². The molecule has 2 heterocycles. The molecule has 2 unspecified atom stereocenters. The van der Waals surface area contributed by atoms with Crippen molar-refractivity contribution in [3.63, 3.8) is 0 Å². The van der Waals surface area contributed by atoms with E-state index in [-0.39, 0.29) is 0 Å². The molecular weight excluding hydrogens is 384 g/mol. The molecule has 2 atom stereocenters. The summed E-state index contributed by atoms with van der Waals surface area (Å²) in [6.45, 7) is 5.41. The lowest BCUT2D eigenvalue weighted by Gasteiger charge is -2.27. The summed E-state index contributed by atoms with van der Waals surface area (Å²) in [4.78, 5) is 7.30. The molecule has 0 spiro atoms. The van der Waals surface area contributed by atoms with Gasteiger partial charge in [0.15, 0.2) is 0 Å². The second-order valence-electron chi connectivity index (χ2n) is 6.25. The molecule has 24 heavy (non-hydrogen) atoms. The van der Waals surface area contributed by atoms with Gasteiger partial charge in [0, 0.05) is 28.7 Å². The molecule has 0 amide bonds. The fourth-order valence-electron chi connectivity index (χ4n) is 3.49. The second kappa shape index (κ2) is 8.43. The van der Waals surface area contributed by atoms with E-state index in [0.29, 0.717) is 11.2 Å². The normalized spacial score (nSPS) is 23.0. The molecule has 1 aromatic rings. The van der Waals surface area contributed by atoms with Gasteiger partial charge in [0.1, 0.15) is 11.6 Å². The molecule has 0 fully saturated rings. The van der Waals surface area contributed by atoms with E-state index in [2.05, 4.69) is 45.3 Å². The number of hydrogen-bond donors (Lipinski definition) is 0. The van der Waals surface area contributed by atoms with Gasteiger partial charge < -0.3 is 9.64 Å². The predicted octanol–water partition coefficient (Wildman–Crippen LogP) is 4.76. The van der Waals surface area contributed by atoms with Gasteiger partial charge in [0.05, 0.1) is 13.7 Å². The highest BCUT2D eigenvalue weighted by Crippen LogP contribution is 2.36. The maximum atomic E-state index is 5.52. The first-order valence-electron chi connectivity index (χ1n) is 8.66. The number of hydrogen-bond acceptors (Lipinski definition) is 4. The summed E-state index contributed by atoms with van der Waals surface area (Å²) >= 11 is 5.52. The topological polar surface area (TPSA) is 24.8 Å². The largest absolute Gasteiger partial charge is 0.496 e. The zero-order chi connectivity index (χ0) is 16.9. The Balaban J connectivity index is 1.66. The van der Waals surface area contributed by atoms with Gasteiger partial charge in [-0.3, -0.25) is 4.99 Å². The Labute approximate surface area is 157 Å². The number of aliphatic imine (C=N–C) groups is 1. The van der Waals surface area contributed by atoms with Crippen molar-refractivity contribution < 1.29 is 4.74 Å². The van der Waals surface area contributed by atoms with Crippen molar-refractivity contribution in [1.82, 2.24) is 4.90 Å². The van der Waals surface area contributed by atoms with Gasteiger partial charge in [-0.1, -0.05) is 28.9 Å². The molecule has 0 N–H and O–H groups in total. The molecule has 0 bridgehead atoms. The van der Waals surface area contributed by atoms with Crippen LogP contribution in [0.5, 0.6) is 5.75 Å². The highest BCUT2D eigenvalue weighted by atomic mass is 79.9. The zero-order valence-electron chi connectivity index (χ0n) is 14.4. The van der Waals surface area contributed by atoms with Gasteiger partial charge >= 0.3 is 0 Å². The Hall–Kier alpha value is -0.940. The molecule has 3 nitrogen and oxygen atoms in total. The maximum absolute atomic E-state index is 5.52. The molecular formula is C19H25BrN2OS. The first kappa shape index (κ1) is 17.9. The lowest BCUT2D eigenvalue weighted by atomic mass is 9.97. The predicted molar refractivity (Wildman–Crippen MR) is 107 cm³/mol. The first-order valence-corrected chi connectivity index (χ1v) is 10.4. The van der Waals surface area contributed by atoms with Crippen molar-refractivity contribution >= 4 is 33.5 Å². The van der Waals surface area contributed by atoms with Gasteiger partial charge in [0.25, 0.3) is 0 Å². The van der Waals surface area contributed by atoms with Crippen LogP contribution in [0.1, 0.15) is 25.3 Å². The van der Waals surface area contributed by atoms with Crippen molar-refractivity contribution in [1.29, 1.82) is 0 Å². The molecule has 0 saturated carbocycles. The van der Waals surface area contributed by atoms with Crippen molar-refractivity contribution in [3.05, 3.63) is 39.7 Å². The third-order valence-electron chi connectivity index (χ3n) is 4.64. The summed E-state index contributed by atoms with van der Waals surface area (Å²) in [7, 11) is 1.75. The van der Waals surface area contributed by atoms with Crippen molar-refractivity contribution in [2.75, 3.05) is 26.7 Å². The van der Waals surface area contributed by atoms with Crippen LogP contribution in [0.3, 0.4) is 0 Å². The molecule has 3 rings (SSSR count). The number of aryl methyl sites for hydroxylation is 1. The second-order valence-corrected chi connectivity index (χ2v) is 8.32. The van der Waals surface area contributed by atoms with Crippen LogP contribution in [-0.2, 0) is 6.42 Å². The number of methoxy groups -OCH3 is 1. The molecule has 0 aromatic heterocycles. The average Bonchev–Trinajstić information content (AvgIpc) is 3.22. The maximum Gasteiger partial charge on any atom is 0.122 e. The molecule has 5 heteroatoms. The van der Waals surface area contributed by atoms with Gasteiger partial charge in [0.2, 0.25) is 0 Å². The van der Waals surface area contributed by atoms with Crippen LogP contribution in [0.25, 0.3) is 0 Å². The minimum atomic E-state index is 0.460. The third-order valence-corrected chi connectivity index (χ3v) is 6.33. The summed E-state index contributed by atoms with van der Waals surface area (Å²) in [6, 6.07) is 6.26. The van der Waals surface area contributed by atoms with Crippen LogP contribution in [-0.4, -0.2) is 42.7 Å². The first-order chi connectivity index (χ1) is 11.7. The van der Waals surface area contributed by atoms with Crippen LogP contribution in [0, 0.1) is 5.92 Å². The van der Waals surface area contributed by atoms with Crippen molar-refractivity contribution in [2.24, 2.45) is 10.9 Å². The quantitative estimate of drug-likeness (QED) is 0.649. The fraction of sp³-hybridized carbons (Fsp3) is 0.526. The van der Waals surface area contributed by atoms with E-state index in [4.69, 9.17) is 9.73 Å². The number of ether oxygens (including phenoxy) is 1. The SMILES string of the molecule is CCCN1CCN=C1C1C=CSC1CCc1cc(Br)ccc1OC. The van der Waals surface area contributed by atoms with Gasteiger partial charge in [-0.2, -0.15) is 0 Å². The number of halogens is 1. The van der Waals surface area contributed by atoms with Crippen LogP contribution < -0.4 is 4.74 Å². The van der Waals surface area contributed by atoms with E-state index in [1.165, 1.54) is 17.8 Å². The molecule has 2 aliphatic heterocycles. The minimum Gasteiger partial charge on any atom is -0.496 e. The van der Waals surface area contributed by atoms with Gasteiger partial charge in [-0.15, -0.1) is 11.8 Å². The van der Waals surface area contributed by atoms with E-state index in [1.54, 1.807) is 7.11 Å². The van der Waals surface area contributed by atoms with Crippen molar-refractivity contribution in [2.45, 2.75) is 31.4 Å². The Morgan fingerprint density at radius 3 is 3.08 bits per heavy atom. The van der Waals surface area contributed by atoms with Crippen molar-refractivity contribution in [3.8, 4) is 5.75 Å². The fourth-order valence-corrected chi connectivity index (χ4v) is 5.00. The number of thioether (sulfide) groups is 1. The number of nitrogens with zero attached hydrogens (tertiary/aromatic N) is 2. The highest BCUT2D eigenvalue weighted by molar-refractivity contribution is 9.10. The lowest BCUT2D eigenvalue weighted by Crippen LogP contribution is -2.36. The van der Waals surface area contributed by atoms with E-state index >= 15 is 0 Å². The smallest absolute Gasteiger partial charge is 0.122 e. The molecule has 1 aromatic carbocycles. The van der Waals surface area contributed by atoms with Crippen LogP contribution in [0.15, 0.2) is 39.1 Å². The molecule has 0 radical (unpaired) electrons. The molecule has 0 saturated heterocycles. The Kier molecular flexibility index (Phi) is 6.28. The highest BCUT2D eigenvalue weighted by Gasteiger charge is 2.32. The Morgan fingerprint density at radius 1 is 1.42 bits per heavy atom. The Morgan fingerprint density at radius 2 is 2.29 bits per heavy atom. The van der Waals surface area contributed by atoms with E-state index < -0.39 is 0 Å². The summed E-state index contributed by atoms with van der Waals surface area (Å²) < 4.78 is 6.63. The molecule has 2 aliphatic rings.